The van der Waals surface area contributed by atoms with Crippen LogP contribution in [0.4, 0.5) is 0 Å². The van der Waals surface area contributed by atoms with Crippen LogP contribution in [0.5, 0.6) is 0 Å². The SMILES string of the molecule is CC#Cc1cncc(/C=C/[C@](C)(CC(=O)OC)N[S@](=O)C(C)(C)C)c1. The highest BCUT2D eigenvalue weighted by Gasteiger charge is 2.31. The van der Waals surface area contributed by atoms with Crippen molar-refractivity contribution in [3.05, 3.63) is 35.7 Å². The highest BCUT2D eigenvalue weighted by molar-refractivity contribution is 7.84. The van der Waals surface area contributed by atoms with Crippen LogP contribution in [0.1, 0.15) is 52.2 Å². The first-order valence-electron chi connectivity index (χ1n) is 7.93. The summed E-state index contributed by atoms with van der Waals surface area (Å²) in [5.41, 5.74) is 0.836. The molecule has 0 unspecified atom stereocenters. The zero-order valence-electron chi connectivity index (χ0n) is 15.7. The van der Waals surface area contributed by atoms with Gasteiger partial charge in [0.25, 0.3) is 0 Å². The van der Waals surface area contributed by atoms with Gasteiger partial charge in [-0.2, -0.15) is 0 Å². The van der Waals surface area contributed by atoms with Crippen molar-refractivity contribution >= 4 is 23.0 Å². The molecule has 5 nitrogen and oxygen atoms in total. The van der Waals surface area contributed by atoms with Crippen LogP contribution in [0.3, 0.4) is 0 Å². The molecule has 0 aromatic carbocycles. The molecule has 136 valence electrons. The molecule has 0 fully saturated rings. The van der Waals surface area contributed by atoms with Gasteiger partial charge in [0.1, 0.15) is 0 Å². The fraction of sp³-hybridized carbons (Fsp3) is 0.474. The maximum Gasteiger partial charge on any atom is 0.307 e. The molecule has 6 heteroatoms. The number of nitrogens with one attached hydrogen (secondary N) is 1. The zero-order valence-corrected chi connectivity index (χ0v) is 16.5. The Bertz CT molecular complexity index is 726. The second-order valence-corrected chi connectivity index (χ2v) is 8.84. The van der Waals surface area contributed by atoms with Crippen molar-refractivity contribution in [2.75, 3.05) is 7.11 Å². The Morgan fingerprint density at radius 2 is 2.04 bits per heavy atom. The highest BCUT2D eigenvalue weighted by Crippen LogP contribution is 2.20. The van der Waals surface area contributed by atoms with E-state index in [0.717, 1.165) is 11.1 Å². The lowest BCUT2D eigenvalue weighted by Crippen LogP contribution is -2.48. The molecule has 0 saturated heterocycles. The summed E-state index contributed by atoms with van der Waals surface area (Å²) in [6, 6.07) is 1.90. The number of hydrogen-bond donors (Lipinski definition) is 1. The van der Waals surface area contributed by atoms with E-state index in [-0.39, 0.29) is 12.4 Å². The van der Waals surface area contributed by atoms with E-state index in [1.54, 1.807) is 19.3 Å². The van der Waals surface area contributed by atoms with Gasteiger partial charge in [0, 0.05) is 18.0 Å². The van der Waals surface area contributed by atoms with Crippen molar-refractivity contribution in [3.63, 3.8) is 0 Å². The second kappa shape index (κ2) is 8.93. The molecule has 25 heavy (non-hydrogen) atoms. The number of carbonyl (C=O) groups is 1. The maximum atomic E-state index is 12.5. The van der Waals surface area contributed by atoms with E-state index in [9.17, 15) is 9.00 Å². The molecule has 0 bridgehead atoms. The molecule has 0 amide bonds. The first-order chi connectivity index (χ1) is 11.6. The van der Waals surface area contributed by atoms with E-state index in [1.807, 2.05) is 45.9 Å². The molecule has 0 radical (unpaired) electrons. The van der Waals surface area contributed by atoms with Crippen molar-refractivity contribution < 1.29 is 13.7 Å². The Morgan fingerprint density at radius 3 is 2.60 bits per heavy atom. The first kappa shape index (κ1) is 21.1. The fourth-order valence-corrected chi connectivity index (χ4v) is 2.78. The number of pyridine rings is 1. The number of carbonyl (C=O) groups excluding carboxylic acids is 1. The van der Waals surface area contributed by atoms with Gasteiger partial charge >= 0.3 is 5.97 Å². The van der Waals surface area contributed by atoms with E-state index >= 15 is 0 Å². The van der Waals surface area contributed by atoms with Crippen molar-refractivity contribution in [1.29, 1.82) is 0 Å². The summed E-state index contributed by atoms with van der Waals surface area (Å²) in [6.45, 7) is 9.19. The third kappa shape index (κ3) is 7.20. The molecule has 1 heterocycles. The molecule has 0 aliphatic rings. The minimum atomic E-state index is -1.34. The molecule has 1 rings (SSSR count). The molecular weight excluding hydrogens is 336 g/mol. The van der Waals surface area contributed by atoms with Crippen LogP contribution in [0.25, 0.3) is 6.08 Å². The highest BCUT2D eigenvalue weighted by atomic mass is 32.2. The Kier molecular flexibility index (Phi) is 7.53. The minimum Gasteiger partial charge on any atom is -0.469 e. The van der Waals surface area contributed by atoms with E-state index in [4.69, 9.17) is 4.74 Å². The largest absolute Gasteiger partial charge is 0.469 e. The molecule has 1 aromatic rings. The van der Waals surface area contributed by atoms with Crippen molar-refractivity contribution in [1.82, 2.24) is 9.71 Å². The minimum absolute atomic E-state index is 0.0592. The normalized spacial score (nSPS) is 15.1. The van der Waals surface area contributed by atoms with E-state index in [2.05, 4.69) is 21.5 Å². The lowest BCUT2D eigenvalue weighted by atomic mass is 9.97. The predicted octanol–water partition coefficient (Wildman–Crippen LogP) is 2.84. The number of methoxy groups -OCH3 is 1. The maximum absolute atomic E-state index is 12.5. The van der Waals surface area contributed by atoms with Crippen molar-refractivity contribution in [2.24, 2.45) is 0 Å². The number of rotatable bonds is 6. The summed E-state index contributed by atoms with van der Waals surface area (Å²) >= 11 is 0. The fourth-order valence-electron chi connectivity index (χ4n) is 1.91. The third-order valence-corrected chi connectivity index (χ3v) is 5.06. The summed E-state index contributed by atoms with van der Waals surface area (Å²) < 4.78 is 19.8. The number of esters is 1. The van der Waals surface area contributed by atoms with Gasteiger partial charge in [-0.25, -0.2) is 8.93 Å². The van der Waals surface area contributed by atoms with Crippen LogP contribution in [0, 0.1) is 11.8 Å². The molecule has 0 aliphatic heterocycles. The average molecular weight is 362 g/mol. The summed E-state index contributed by atoms with van der Waals surface area (Å²) in [5, 5.41) is 0. The van der Waals surface area contributed by atoms with Gasteiger partial charge in [0.05, 0.1) is 34.8 Å². The topological polar surface area (TPSA) is 68.3 Å². The van der Waals surface area contributed by atoms with Gasteiger partial charge < -0.3 is 4.74 Å². The van der Waals surface area contributed by atoms with Gasteiger partial charge in [-0.15, -0.1) is 5.92 Å². The van der Waals surface area contributed by atoms with Crippen molar-refractivity contribution in [3.8, 4) is 11.8 Å². The summed E-state index contributed by atoms with van der Waals surface area (Å²) in [7, 11) is -0.000162. The van der Waals surface area contributed by atoms with E-state index in [0.29, 0.717) is 0 Å². The lowest BCUT2D eigenvalue weighted by Gasteiger charge is -2.30. The Hall–Kier alpha value is -1.97. The van der Waals surface area contributed by atoms with Gasteiger partial charge in [0.2, 0.25) is 0 Å². The van der Waals surface area contributed by atoms with Crippen LogP contribution in [0.2, 0.25) is 0 Å². The number of ether oxygens (including phenoxy) is 1. The Labute approximate surface area is 152 Å². The lowest BCUT2D eigenvalue weighted by molar-refractivity contribution is -0.141. The Morgan fingerprint density at radius 1 is 1.36 bits per heavy atom. The van der Waals surface area contributed by atoms with E-state index in [1.165, 1.54) is 7.11 Å². The summed E-state index contributed by atoms with van der Waals surface area (Å²) in [4.78, 5) is 15.9. The monoisotopic (exact) mass is 362 g/mol. The van der Waals surface area contributed by atoms with Crippen molar-refractivity contribution in [2.45, 2.75) is 51.3 Å². The molecular formula is C19H26N2O3S. The summed E-state index contributed by atoms with van der Waals surface area (Å²) in [6.07, 6.45) is 7.10. The first-order valence-corrected chi connectivity index (χ1v) is 9.08. The molecule has 0 spiro atoms. The molecule has 2 atom stereocenters. The quantitative estimate of drug-likeness (QED) is 0.624. The standard InChI is InChI=1S/C19H26N2O3S/c1-7-8-15-11-16(14-20-13-15)9-10-19(5,12-17(22)24-6)21-25(23)18(2,3)4/h9-11,13-14,21H,12H2,1-6H3/b10-9+/t19-,25-/m1/s1. The molecule has 0 aliphatic carbocycles. The number of nitrogens with zero attached hydrogens (tertiary/aromatic N) is 1. The van der Waals surface area contributed by atoms with Crippen LogP contribution in [0.15, 0.2) is 24.5 Å². The third-order valence-electron chi connectivity index (χ3n) is 3.29. The van der Waals surface area contributed by atoms with Gasteiger partial charge in [0.15, 0.2) is 0 Å². The molecule has 0 saturated carbocycles. The van der Waals surface area contributed by atoms with Crippen LogP contribution in [-0.2, 0) is 20.5 Å². The van der Waals surface area contributed by atoms with Gasteiger partial charge in [-0.05, 0) is 46.2 Å². The van der Waals surface area contributed by atoms with Crippen LogP contribution >= 0.6 is 0 Å². The number of aromatic nitrogens is 1. The van der Waals surface area contributed by atoms with Crippen LogP contribution in [-0.4, -0.2) is 32.6 Å². The Balaban J connectivity index is 3.10. The van der Waals surface area contributed by atoms with Gasteiger partial charge in [-0.1, -0.05) is 18.1 Å². The van der Waals surface area contributed by atoms with E-state index < -0.39 is 21.3 Å². The number of hydrogen-bond acceptors (Lipinski definition) is 4. The predicted molar refractivity (Wildman–Crippen MR) is 102 cm³/mol. The second-order valence-electron chi connectivity index (χ2n) is 6.87. The van der Waals surface area contributed by atoms with Gasteiger partial charge in [-0.3, -0.25) is 9.78 Å². The smallest absolute Gasteiger partial charge is 0.307 e. The molecule has 1 N–H and O–H groups in total. The van der Waals surface area contributed by atoms with Crippen LogP contribution < -0.4 is 4.72 Å². The zero-order chi connectivity index (χ0) is 19.1. The molecule has 1 aromatic heterocycles. The summed E-state index contributed by atoms with van der Waals surface area (Å²) in [5.74, 6) is 5.41. The average Bonchev–Trinajstić information content (AvgIpc) is 2.52.